The van der Waals surface area contributed by atoms with Crippen molar-refractivity contribution in [2.45, 2.75) is 20.8 Å². The monoisotopic (exact) mass is 351 g/mol. The van der Waals surface area contributed by atoms with E-state index in [1.807, 2.05) is 0 Å². The smallest absolute Gasteiger partial charge is 0.161 e. The van der Waals surface area contributed by atoms with Crippen molar-refractivity contribution < 1.29 is 0 Å². The summed E-state index contributed by atoms with van der Waals surface area (Å²) in [5, 5.41) is 2.52. The second-order valence-electron chi connectivity index (χ2n) is 6.38. The molecule has 2 aromatic heterocycles. The molecule has 3 nitrogen and oxygen atoms in total. The van der Waals surface area contributed by atoms with Crippen molar-refractivity contribution in [1.29, 1.82) is 0 Å². The predicted molar refractivity (Wildman–Crippen MR) is 109 cm³/mol. The van der Waals surface area contributed by atoms with Gasteiger partial charge in [-0.25, -0.2) is 4.98 Å². The van der Waals surface area contributed by atoms with Gasteiger partial charge in [-0.3, -0.25) is 0 Å². The molecular weight excluding hydrogens is 330 g/mol. The van der Waals surface area contributed by atoms with Crippen LogP contribution in [0.15, 0.2) is 54.7 Å². The number of fused-ring (bicyclic) bond motifs is 2. The first-order chi connectivity index (χ1) is 11.6. The number of nitrogens with zero attached hydrogens (tertiary/aromatic N) is 3. The lowest BCUT2D eigenvalue weighted by atomic mass is 10.0. The molecule has 0 radical (unpaired) electrons. The van der Waals surface area contributed by atoms with Crippen LogP contribution in [-0.4, -0.2) is 16.4 Å². The van der Waals surface area contributed by atoms with Gasteiger partial charge in [0, 0.05) is 24.3 Å². The second-order valence-corrected chi connectivity index (χ2v) is 6.38. The van der Waals surface area contributed by atoms with E-state index in [2.05, 4.69) is 91.8 Å². The molecular formula is C21H22ClN3. The molecule has 0 aliphatic heterocycles. The highest BCUT2D eigenvalue weighted by molar-refractivity contribution is 5.98. The molecule has 0 fully saturated rings. The number of pyridine rings is 1. The predicted octanol–water partition coefficient (Wildman–Crippen LogP) is 5.60. The maximum absolute atomic E-state index is 4.79. The summed E-state index contributed by atoms with van der Waals surface area (Å²) >= 11 is 0. The average Bonchev–Trinajstić information content (AvgIpc) is 2.89. The SMILES string of the molecule is Cc1ccc2ccccc2c1N(C)c1cccn2c(C)c(C)nc12.Cl. The molecule has 128 valence electrons. The number of anilines is 2. The first-order valence-electron chi connectivity index (χ1n) is 8.24. The summed E-state index contributed by atoms with van der Waals surface area (Å²) in [5.74, 6) is 0. The van der Waals surface area contributed by atoms with Crippen LogP contribution in [0.25, 0.3) is 16.4 Å². The van der Waals surface area contributed by atoms with E-state index in [4.69, 9.17) is 4.98 Å². The number of benzene rings is 2. The molecule has 0 saturated carbocycles. The maximum Gasteiger partial charge on any atom is 0.161 e. The fourth-order valence-electron chi connectivity index (χ4n) is 3.48. The quantitative estimate of drug-likeness (QED) is 0.468. The van der Waals surface area contributed by atoms with E-state index in [0.717, 1.165) is 17.0 Å². The van der Waals surface area contributed by atoms with Crippen LogP contribution < -0.4 is 4.90 Å². The number of hydrogen-bond acceptors (Lipinski definition) is 2. The Kier molecular flexibility index (Phi) is 4.44. The molecule has 4 rings (SSSR count). The summed E-state index contributed by atoms with van der Waals surface area (Å²) in [6.07, 6.45) is 2.08. The van der Waals surface area contributed by atoms with Crippen molar-refractivity contribution in [3.05, 3.63) is 71.7 Å². The summed E-state index contributed by atoms with van der Waals surface area (Å²) < 4.78 is 2.17. The normalized spacial score (nSPS) is 10.9. The summed E-state index contributed by atoms with van der Waals surface area (Å²) in [5.41, 5.74) is 6.88. The van der Waals surface area contributed by atoms with Gasteiger partial charge in [-0.05, 0) is 43.9 Å². The molecule has 0 aliphatic rings. The van der Waals surface area contributed by atoms with Gasteiger partial charge in [0.25, 0.3) is 0 Å². The average molecular weight is 352 g/mol. The van der Waals surface area contributed by atoms with Crippen LogP contribution >= 0.6 is 12.4 Å². The van der Waals surface area contributed by atoms with E-state index in [1.165, 1.54) is 27.7 Å². The van der Waals surface area contributed by atoms with Crippen LogP contribution in [0.3, 0.4) is 0 Å². The lowest BCUT2D eigenvalue weighted by Gasteiger charge is -2.24. The van der Waals surface area contributed by atoms with E-state index in [0.29, 0.717) is 0 Å². The highest BCUT2D eigenvalue weighted by atomic mass is 35.5. The molecule has 0 spiro atoms. The summed E-state index contributed by atoms with van der Waals surface area (Å²) in [7, 11) is 2.13. The van der Waals surface area contributed by atoms with Crippen LogP contribution in [0, 0.1) is 20.8 Å². The van der Waals surface area contributed by atoms with Crippen LogP contribution in [0.5, 0.6) is 0 Å². The molecule has 0 amide bonds. The molecule has 2 heterocycles. The van der Waals surface area contributed by atoms with Gasteiger partial charge in [0.2, 0.25) is 0 Å². The van der Waals surface area contributed by atoms with E-state index in [1.54, 1.807) is 0 Å². The third-order valence-corrected chi connectivity index (χ3v) is 4.90. The summed E-state index contributed by atoms with van der Waals surface area (Å²) in [6.45, 7) is 6.35. The van der Waals surface area contributed by atoms with Gasteiger partial charge < -0.3 is 9.30 Å². The number of aromatic nitrogens is 2. The Bertz CT molecular complexity index is 1070. The Labute approximate surface area is 154 Å². The molecule has 25 heavy (non-hydrogen) atoms. The minimum atomic E-state index is 0. The minimum Gasteiger partial charge on any atom is -0.341 e. The number of aryl methyl sites for hydroxylation is 3. The number of rotatable bonds is 2. The van der Waals surface area contributed by atoms with Gasteiger partial charge in [-0.2, -0.15) is 0 Å². The van der Waals surface area contributed by atoms with Crippen molar-refractivity contribution in [2.24, 2.45) is 0 Å². The fraction of sp³-hybridized carbons (Fsp3) is 0.190. The third-order valence-electron chi connectivity index (χ3n) is 4.90. The van der Waals surface area contributed by atoms with Gasteiger partial charge in [0.15, 0.2) is 5.65 Å². The van der Waals surface area contributed by atoms with Crippen molar-refractivity contribution in [2.75, 3.05) is 11.9 Å². The highest BCUT2D eigenvalue weighted by Crippen LogP contribution is 2.36. The Morgan fingerprint density at radius 3 is 2.48 bits per heavy atom. The lowest BCUT2D eigenvalue weighted by Crippen LogP contribution is -2.13. The molecule has 4 aromatic rings. The van der Waals surface area contributed by atoms with Gasteiger partial charge in [-0.1, -0.05) is 36.4 Å². The van der Waals surface area contributed by atoms with Gasteiger partial charge >= 0.3 is 0 Å². The maximum atomic E-state index is 4.79. The molecule has 0 atom stereocenters. The zero-order valence-corrected chi connectivity index (χ0v) is 15.8. The highest BCUT2D eigenvalue weighted by Gasteiger charge is 2.16. The lowest BCUT2D eigenvalue weighted by molar-refractivity contribution is 1.08. The molecule has 4 heteroatoms. The van der Waals surface area contributed by atoms with E-state index in [9.17, 15) is 0 Å². The Balaban J connectivity index is 0.00000182. The minimum absolute atomic E-state index is 0. The van der Waals surface area contributed by atoms with E-state index in [-0.39, 0.29) is 12.4 Å². The van der Waals surface area contributed by atoms with Crippen LogP contribution in [0.1, 0.15) is 17.0 Å². The summed E-state index contributed by atoms with van der Waals surface area (Å²) in [6, 6.07) is 17.2. The van der Waals surface area contributed by atoms with Crippen molar-refractivity contribution in [3.8, 4) is 0 Å². The second kappa shape index (κ2) is 6.41. The molecule has 0 N–H and O–H groups in total. The van der Waals surface area contributed by atoms with Gasteiger partial charge in [-0.15, -0.1) is 12.4 Å². The largest absolute Gasteiger partial charge is 0.341 e. The van der Waals surface area contributed by atoms with Crippen LogP contribution in [-0.2, 0) is 0 Å². The number of halogens is 1. The Morgan fingerprint density at radius 1 is 0.920 bits per heavy atom. The van der Waals surface area contributed by atoms with Crippen molar-refractivity contribution >= 4 is 40.2 Å². The summed E-state index contributed by atoms with van der Waals surface area (Å²) in [4.78, 5) is 7.05. The molecule has 0 aliphatic carbocycles. The fourth-order valence-corrected chi connectivity index (χ4v) is 3.48. The van der Waals surface area contributed by atoms with E-state index < -0.39 is 0 Å². The van der Waals surface area contributed by atoms with Gasteiger partial charge in [0.1, 0.15) is 0 Å². The van der Waals surface area contributed by atoms with Crippen LogP contribution in [0.4, 0.5) is 11.4 Å². The molecule has 0 saturated heterocycles. The van der Waals surface area contributed by atoms with Gasteiger partial charge in [0.05, 0.1) is 17.1 Å². The molecule has 2 aromatic carbocycles. The Hall–Kier alpha value is -2.52. The van der Waals surface area contributed by atoms with Crippen LogP contribution in [0.2, 0.25) is 0 Å². The third kappa shape index (κ3) is 2.65. The first-order valence-corrected chi connectivity index (χ1v) is 8.24. The molecule has 0 unspecified atom stereocenters. The number of imidazole rings is 1. The Morgan fingerprint density at radius 2 is 1.68 bits per heavy atom. The van der Waals surface area contributed by atoms with E-state index >= 15 is 0 Å². The first kappa shape index (κ1) is 17.3. The zero-order valence-electron chi connectivity index (χ0n) is 14.9. The van der Waals surface area contributed by atoms with Crippen molar-refractivity contribution in [1.82, 2.24) is 9.38 Å². The zero-order chi connectivity index (χ0) is 16.8. The number of hydrogen-bond donors (Lipinski definition) is 0. The topological polar surface area (TPSA) is 20.5 Å². The van der Waals surface area contributed by atoms with Crippen molar-refractivity contribution in [3.63, 3.8) is 0 Å². The molecule has 0 bridgehead atoms. The standard InChI is InChI=1S/C21H21N3.ClH/c1-14-11-12-17-8-5-6-9-18(17)20(14)23(4)19-10-7-13-24-16(3)15(2)22-21(19)24;/h5-13H,1-4H3;1H.